The molecule has 0 aliphatic carbocycles. The maximum absolute atomic E-state index is 11.7. The number of carbonyl (C=O) groups is 1. The van der Waals surface area contributed by atoms with Crippen LogP contribution in [0.5, 0.6) is 0 Å². The van der Waals surface area contributed by atoms with Gasteiger partial charge in [-0.2, -0.15) is 0 Å². The first kappa shape index (κ1) is 11.1. The second kappa shape index (κ2) is 5.64. The molecule has 1 aliphatic rings. The number of hydrogen-bond donors (Lipinski definition) is 0. The van der Waals surface area contributed by atoms with Gasteiger partial charge < -0.3 is 0 Å². The molecule has 82 valence electrons. The number of halogens is 1. The van der Waals surface area contributed by atoms with Gasteiger partial charge >= 0.3 is 102 Å². The molecule has 1 aromatic rings. The van der Waals surface area contributed by atoms with Gasteiger partial charge in [-0.25, -0.2) is 0 Å². The predicted molar refractivity (Wildman–Crippen MR) is 72.4 cm³/mol. The molecule has 2 heteroatoms. The Kier molecular flexibility index (Phi) is 4.18. The van der Waals surface area contributed by atoms with Crippen LogP contribution >= 0.6 is 21.2 Å². The van der Waals surface area contributed by atoms with Crippen LogP contribution < -0.4 is 0 Å². The molecule has 0 spiro atoms. The van der Waals surface area contributed by atoms with E-state index in [4.69, 9.17) is 0 Å². The van der Waals surface area contributed by atoms with Crippen LogP contribution in [0.4, 0.5) is 0 Å². The molecule has 0 amide bonds. The normalized spacial score (nSPS) is 18.8. The molecule has 1 aromatic carbocycles. The van der Waals surface area contributed by atoms with Crippen molar-refractivity contribution >= 4 is 25.0 Å². The van der Waals surface area contributed by atoms with Crippen LogP contribution in [0.3, 0.4) is 0 Å². The predicted octanol–water partition coefficient (Wildman–Crippen LogP) is 3.59. The first-order valence-corrected chi connectivity index (χ1v) is 7.98. The monoisotopic (exact) mass is 316 g/mol. The van der Waals surface area contributed by atoms with Gasteiger partial charge in [0, 0.05) is 0 Å². The molecule has 1 nitrogen and oxygen atoms in total. The topological polar surface area (TPSA) is 17.1 Å². The molecule has 0 radical (unpaired) electrons. The fourth-order valence-electron chi connectivity index (χ4n) is 1.92. The minimum atomic E-state index is -0.569. The summed E-state index contributed by atoms with van der Waals surface area (Å²) in [5.74, 6) is 0. The zero-order chi connectivity index (χ0) is 10.5. The van der Waals surface area contributed by atoms with Gasteiger partial charge in [-0.3, -0.25) is 0 Å². The third kappa shape index (κ3) is 3.30. The van der Waals surface area contributed by atoms with Crippen molar-refractivity contribution in [2.45, 2.75) is 38.5 Å². The van der Waals surface area contributed by atoms with Crippen molar-refractivity contribution in [3.8, 4) is 0 Å². The number of rotatable bonds is 0. The van der Waals surface area contributed by atoms with Crippen LogP contribution in [-0.2, 0) is 11.2 Å². The number of aryl methyl sites for hydroxylation is 1. The Bertz CT molecular complexity index is 346. The van der Waals surface area contributed by atoms with Crippen LogP contribution in [0, 0.1) is 3.57 Å². The van der Waals surface area contributed by atoms with Gasteiger partial charge in [0.15, 0.2) is 0 Å². The third-order valence-electron chi connectivity index (χ3n) is 2.77. The Hall–Kier alpha value is -0.380. The van der Waals surface area contributed by atoms with Crippen LogP contribution in [0.2, 0.25) is 0 Å². The van der Waals surface area contributed by atoms with Crippen LogP contribution in [0.1, 0.15) is 37.7 Å². The summed E-state index contributed by atoms with van der Waals surface area (Å²) in [5, 5.41) is 0. The summed E-state index contributed by atoms with van der Waals surface area (Å²) in [6.45, 7) is 0. The SMILES string of the molecule is O=C1CCCCCCc2ccccc2[IH]1. The molecule has 0 unspecified atom stereocenters. The van der Waals surface area contributed by atoms with E-state index in [1.165, 1.54) is 34.8 Å². The summed E-state index contributed by atoms with van der Waals surface area (Å²) in [6.07, 6.45) is 6.93. The van der Waals surface area contributed by atoms with Gasteiger partial charge in [0.25, 0.3) is 0 Å². The Labute approximate surface area is 102 Å². The zero-order valence-corrected chi connectivity index (χ0v) is 11.2. The average molecular weight is 316 g/mol. The molecule has 0 N–H and O–H groups in total. The Balaban J connectivity index is 2.19. The minimum absolute atomic E-state index is 0.537. The Morgan fingerprint density at radius 1 is 0.933 bits per heavy atom. The van der Waals surface area contributed by atoms with Crippen LogP contribution in [0.15, 0.2) is 24.3 Å². The van der Waals surface area contributed by atoms with E-state index >= 15 is 0 Å². The summed E-state index contributed by atoms with van der Waals surface area (Å²) in [4.78, 5) is 11.7. The van der Waals surface area contributed by atoms with Gasteiger partial charge in [0.2, 0.25) is 0 Å². The standard InChI is InChI=1S/C13H17IO/c15-13-10-4-2-1-3-7-11-8-5-6-9-12(11)14-13/h5-6,8-9,14H,1-4,7,10H2. The zero-order valence-electron chi connectivity index (χ0n) is 8.87. The summed E-state index contributed by atoms with van der Waals surface area (Å²) in [7, 11) is 0. The molecule has 15 heavy (non-hydrogen) atoms. The molecule has 0 saturated heterocycles. The molecule has 0 bridgehead atoms. The van der Waals surface area contributed by atoms with E-state index in [-0.39, 0.29) is 0 Å². The van der Waals surface area contributed by atoms with Crippen LogP contribution in [-0.4, -0.2) is 3.79 Å². The number of carbonyl (C=O) groups excluding carboxylic acids is 1. The van der Waals surface area contributed by atoms with E-state index in [2.05, 4.69) is 24.3 Å². The molecular formula is C13H17IO. The molecule has 0 aromatic heterocycles. The number of hydrogen-bond acceptors (Lipinski definition) is 1. The first-order chi connectivity index (χ1) is 7.36. The summed E-state index contributed by atoms with van der Waals surface area (Å²) in [6, 6.07) is 8.54. The van der Waals surface area contributed by atoms with Gasteiger partial charge in [0.05, 0.1) is 0 Å². The molecule has 2 rings (SSSR count). The van der Waals surface area contributed by atoms with Crippen molar-refractivity contribution < 1.29 is 4.79 Å². The second-order valence-corrected chi connectivity index (χ2v) is 7.13. The summed E-state index contributed by atoms with van der Waals surface area (Å²) >= 11 is -0.569. The summed E-state index contributed by atoms with van der Waals surface area (Å²) < 4.78 is 1.92. The van der Waals surface area contributed by atoms with E-state index in [0.29, 0.717) is 3.79 Å². The van der Waals surface area contributed by atoms with Gasteiger partial charge in [-0.1, -0.05) is 0 Å². The van der Waals surface area contributed by atoms with Crippen molar-refractivity contribution in [3.05, 3.63) is 33.4 Å². The summed E-state index contributed by atoms with van der Waals surface area (Å²) in [5.41, 5.74) is 1.44. The molecule has 1 heterocycles. The fourth-order valence-corrected chi connectivity index (χ4v) is 4.60. The maximum atomic E-state index is 11.7. The van der Waals surface area contributed by atoms with E-state index in [9.17, 15) is 4.79 Å². The second-order valence-electron chi connectivity index (χ2n) is 4.00. The van der Waals surface area contributed by atoms with Gasteiger partial charge in [0.1, 0.15) is 0 Å². The molecule has 0 saturated carbocycles. The van der Waals surface area contributed by atoms with E-state index in [1.807, 2.05) is 0 Å². The quantitative estimate of drug-likeness (QED) is 0.528. The first-order valence-electron chi connectivity index (χ1n) is 5.65. The van der Waals surface area contributed by atoms with Crippen molar-refractivity contribution in [3.63, 3.8) is 0 Å². The van der Waals surface area contributed by atoms with Crippen LogP contribution in [0.25, 0.3) is 0 Å². The number of benzene rings is 1. The van der Waals surface area contributed by atoms with Crippen molar-refractivity contribution in [2.24, 2.45) is 0 Å². The molecule has 1 aliphatic heterocycles. The van der Waals surface area contributed by atoms with Crippen molar-refractivity contribution in [2.75, 3.05) is 0 Å². The van der Waals surface area contributed by atoms with Gasteiger partial charge in [-0.05, 0) is 0 Å². The van der Waals surface area contributed by atoms with E-state index < -0.39 is 21.2 Å². The Morgan fingerprint density at radius 3 is 2.53 bits per heavy atom. The fraction of sp³-hybridized carbons (Fsp3) is 0.462. The van der Waals surface area contributed by atoms with Crippen molar-refractivity contribution in [1.82, 2.24) is 0 Å². The average Bonchev–Trinajstić information content (AvgIpc) is 2.25. The molecular weight excluding hydrogens is 299 g/mol. The Morgan fingerprint density at radius 2 is 1.67 bits per heavy atom. The van der Waals surface area contributed by atoms with Crippen molar-refractivity contribution in [1.29, 1.82) is 0 Å². The third-order valence-corrected chi connectivity index (χ3v) is 5.77. The molecule has 0 fully saturated rings. The number of fused-ring (bicyclic) bond motifs is 1. The molecule has 0 atom stereocenters. The van der Waals surface area contributed by atoms with E-state index in [1.54, 1.807) is 0 Å². The van der Waals surface area contributed by atoms with Gasteiger partial charge in [-0.15, -0.1) is 0 Å². The van der Waals surface area contributed by atoms with E-state index in [0.717, 1.165) is 12.8 Å².